The van der Waals surface area contributed by atoms with Crippen molar-refractivity contribution >= 4 is 10.8 Å². The number of benzene rings is 2. The van der Waals surface area contributed by atoms with Gasteiger partial charge in [-0.2, -0.15) is 0 Å². The van der Waals surface area contributed by atoms with Crippen molar-refractivity contribution in [1.82, 2.24) is 0 Å². The summed E-state index contributed by atoms with van der Waals surface area (Å²) in [6.45, 7) is 1.98. The first-order valence-electron chi connectivity index (χ1n) is 7.82. The Morgan fingerprint density at radius 3 is 2.64 bits per heavy atom. The summed E-state index contributed by atoms with van der Waals surface area (Å²) < 4.78 is 17.3. The van der Waals surface area contributed by atoms with Crippen LogP contribution in [0.5, 0.6) is 5.75 Å². The van der Waals surface area contributed by atoms with E-state index in [4.69, 9.17) is 19.9 Å². The molecule has 1 heterocycles. The highest BCUT2D eigenvalue weighted by Crippen LogP contribution is 2.36. The molecular weight excluding hydrogens is 278 g/mol. The Kier molecular flexibility index (Phi) is 4.93. The molecule has 2 aromatic rings. The average molecular weight is 301 g/mol. The second kappa shape index (κ2) is 7.09. The molecule has 4 heteroatoms. The van der Waals surface area contributed by atoms with Gasteiger partial charge < -0.3 is 19.9 Å². The molecule has 2 N–H and O–H groups in total. The quantitative estimate of drug-likeness (QED) is 0.922. The highest BCUT2D eigenvalue weighted by Gasteiger charge is 2.26. The monoisotopic (exact) mass is 301 g/mol. The van der Waals surface area contributed by atoms with Gasteiger partial charge in [0.25, 0.3) is 0 Å². The lowest BCUT2D eigenvalue weighted by atomic mass is 9.93. The first-order chi connectivity index (χ1) is 10.8. The lowest BCUT2D eigenvalue weighted by molar-refractivity contribution is -0.189. The molecule has 3 rings (SSSR count). The van der Waals surface area contributed by atoms with Crippen LogP contribution >= 0.6 is 0 Å². The van der Waals surface area contributed by atoms with Crippen molar-refractivity contribution in [2.45, 2.75) is 25.0 Å². The zero-order valence-electron chi connectivity index (χ0n) is 13.0. The molecule has 0 radical (unpaired) electrons. The molecule has 1 fully saturated rings. The minimum absolute atomic E-state index is 0.124. The maximum Gasteiger partial charge on any atom is 0.157 e. The third kappa shape index (κ3) is 3.09. The third-order valence-corrected chi connectivity index (χ3v) is 4.17. The van der Waals surface area contributed by atoms with E-state index in [9.17, 15) is 0 Å². The second-order valence-corrected chi connectivity index (χ2v) is 5.63. The molecule has 22 heavy (non-hydrogen) atoms. The summed E-state index contributed by atoms with van der Waals surface area (Å²) in [5.74, 6) is 1.09. The first kappa shape index (κ1) is 15.3. The molecule has 1 aliphatic rings. The highest BCUT2D eigenvalue weighted by molar-refractivity contribution is 5.88. The fourth-order valence-electron chi connectivity index (χ4n) is 3.04. The smallest absolute Gasteiger partial charge is 0.157 e. The number of hydrogen-bond donors (Lipinski definition) is 1. The van der Waals surface area contributed by atoms with Gasteiger partial charge in [-0.25, -0.2) is 0 Å². The summed E-state index contributed by atoms with van der Waals surface area (Å²) in [7, 11) is 1.71. The largest absolute Gasteiger partial charge is 0.496 e. The van der Waals surface area contributed by atoms with E-state index >= 15 is 0 Å². The Bertz CT molecular complexity index is 621. The summed E-state index contributed by atoms with van der Waals surface area (Å²) in [5.41, 5.74) is 6.72. The summed E-state index contributed by atoms with van der Waals surface area (Å²) in [4.78, 5) is 0. The molecule has 0 bridgehead atoms. The number of ether oxygens (including phenoxy) is 3. The lowest BCUT2D eigenvalue weighted by Crippen LogP contribution is -2.31. The van der Waals surface area contributed by atoms with Crippen LogP contribution in [0.1, 0.15) is 24.3 Å². The van der Waals surface area contributed by atoms with Crippen molar-refractivity contribution in [2.75, 3.05) is 26.9 Å². The number of nitrogens with two attached hydrogens (primary N) is 1. The molecule has 2 aromatic carbocycles. The molecule has 0 amide bonds. The van der Waals surface area contributed by atoms with Gasteiger partial charge in [0.2, 0.25) is 0 Å². The Balaban J connectivity index is 1.84. The van der Waals surface area contributed by atoms with Gasteiger partial charge in [0.1, 0.15) is 5.75 Å². The van der Waals surface area contributed by atoms with Gasteiger partial charge in [-0.05, 0) is 36.2 Å². The van der Waals surface area contributed by atoms with Gasteiger partial charge >= 0.3 is 0 Å². The molecular formula is C18H23NO3. The molecule has 0 aliphatic carbocycles. The van der Waals surface area contributed by atoms with Crippen LogP contribution in [0.2, 0.25) is 0 Å². The first-order valence-corrected chi connectivity index (χ1v) is 7.82. The molecule has 0 saturated carbocycles. The van der Waals surface area contributed by atoms with Gasteiger partial charge in [0.05, 0.1) is 20.3 Å². The maximum absolute atomic E-state index is 5.86. The lowest BCUT2D eigenvalue weighted by Gasteiger charge is -2.31. The normalized spacial score (nSPS) is 21.9. The fourth-order valence-corrected chi connectivity index (χ4v) is 3.04. The fraction of sp³-hybridized carbons (Fsp3) is 0.444. The van der Waals surface area contributed by atoms with Crippen molar-refractivity contribution in [3.05, 3.63) is 42.0 Å². The van der Waals surface area contributed by atoms with Crippen LogP contribution in [0, 0.1) is 0 Å². The van der Waals surface area contributed by atoms with Gasteiger partial charge in [-0.3, -0.25) is 0 Å². The molecule has 118 valence electrons. The Morgan fingerprint density at radius 1 is 1.14 bits per heavy atom. The number of fused-ring (bicyclic) bond motifs is 1. The summed E-state index contributed by atoms with van der Waals surface area (Å²) >= 11 is 0. The predicted octanol–water partition coefficient (Wildman–Crippen LogP) is 3.04. The molecule has 0 unspecified atom stereocenters. The Hall–Kier alpha value is -1.62. The highest BCUT2D eigenvalue weighted by atomic mass is 16.7. The van der Waals surface area contributed by atoms with Crippen LogP contribution in [-0.4, -0.2) is 33.2 Å². The van der Waals surface area contributed by atoms with Gasteiger partial charge in [0.15, 0.2) is 6.29 Å². The molecule has 1 aliphatic heterocycles. The van der Waals surface area contributed by atoms with Crippen molar-refractivity contribution in [1.29, 1.82) is 0 Å². The van der Waals surface area contributed by atoms with Crippen molar-refractivity contribution < 1.29 is 14.2 Å². The molecule has 0 aromatic heterocycles. The zero-order valence-corrected chi connectivity index (χ0v) is 13.0. The van der Waals surface area contributed by atoms with Crippen LogP contribution in [0.4, 0.5) is 0 Å². The average Bonchev–Trinajstić information content (AvgIpc) is 2.59. The topological polar surface area (TPSA) is 53.7 Å². The third-order valence-electron chi connectivity index (χ3n) is 4.17. The van der Waals surface area contributed by atoms with Crippen LogP contribution < -0.4 is 10.5 Å². The number of methoxy groups -OCH3 is 1. The summed E-state index contributed by atoms with van der Waals surface area (Å²) in [6.07, 6.45) is 1.66. The van der Waals surface area contributed by atoms with E-state index in [1.807, 2.05) is 6.07 Å². The SMILES string of the molecule is COc1ccc2ccccc2c1C1COC(CCCN)OC1. The van der Waals surface area contributed by atoms with Crippen LogP contribution in [0.25, 0.3) is 10.8 Å². The standard InChI is InChI=1S/C18H23NO3/c1-20-16-9-8-13-5-2-3-6-15(13)18(16)14-11-21-17(22-12-14)7-4-10-19/h2-3,5-6,8-9,14,17H,4,7,10-12,19H2,1H3. The van der Waals surface area contributed by atoms with E-state index in [2.05, 4.69) is 30.3 Å². The van der Waals surface area contributed by atoms with Crippen LogP contribution in [0.15, 0.2) is 36.4 Å². The Labute approximate surface area is 131 Å². The van der Waals surface area contributed by atoms with Crippen LogP contribution in [0.3, 0.4) is 0 Å². The number of rotatable bonds is 5. The van der Waals surface area contributed by atoms with E-state index in [0.29, 0.717) is 19.8 Å². The van der Waals surface area contributed by atoms with E-state index < -0.39 is 0 Å². The van der Waals surface area contributed by atoms with E-state index in [1.165, 1.54) is 16.3 Å². The zero-order chi connectivity index (χ0) is 15.4. The predicted molar refractivity (Wildman–Crippen MR) is 87.2 cm³/mol. The molecule has 1 saturated heterocycles. The molecule has 4 nitrogen and oxygen atoms in total. The van der Waals surface area contributed by atoms with Gasteiger partial charge in [-0.1, -0.05) is 30.3 Å². The van der Waals surface area contributed by atoms with Crippen molar-refractivity contribution in [3.8, 4) is 5.75 Å². The number of hydrogen-bond acceptors (Lipinski definition) is 4. The minimum atomic E-state index is -0.124. The van der Waals surface area contributed by atoms with E-state index in [0.717, 1.165) is 18.6 Å². The van der Waals surface area contributed by atoms with E-state index in [-0.39, 0.29) is 12.2 Å². The molecule has 0 spiro atoms. The summed E-state index contributed by atoms with van der Waals surface area (Å²) in [6, 6.07) is 12.5. The Morgan fingerprint density at radius 2 is 1.91 bits per heavy atom. The van der Waals surface area contributed by atoms with Crippen molar-refractivity contribution in [3.63, 3.8) is 0 Å². The van der Waals surface area contributed by atoms with Crippen LogP contribution in [-0.2, 0) is 9.47 Å². The summed E-state index contributed by atoms with van der Waals surface area (Å²) in [5, 5.41) is 2.42. The minimum Gasteiger partial charge on any atom is -0.496 e. The van der Waals surface area contributed by atoms with Crippen molar-refractivity contribution in [2.24, 2.45) is 5.73 Å². The van der Waals surface area contributed by atoms with Gasteiger partial charge in [0, 0.05) is 11.5 Å². The molecule has 0 atom stereocenters. The van der Waals surface area contributed by atoms with Gasteiger partial charge in [-0.15, -0.1) is 0 Å². The second-order valence-electron chi connectivity index (χ2n) is 5.63. The van der Waals surface area contributed by atoms with E-state index in [1.54, 1.807) is 7.11 Å². The maximum atomic E-state index is 5.86.